The van der Waals surface area contributed by atoms with Gasteiger partial charge < -0.3 is 19.9 Å². The Hall–Kier alpha value is -5.28. The lowest BCUT2D eigenvalue weighted by molar-refractivity contribution is -0.131. The van der Waals surface area contributed by atoms with Gasteiger partial charge in [-0.3, -0.25) is 28.8 Å². The second kappa shape index (κ2) is 12.9. The minimum Gasteiger partial charge on any atom is -0.508 e. The van der Waals surface area contributed by atoms with Crippen LogP contribution >= 0.6 is 22.9 Å². The molecule has 9 rings (SSSR count). The van der Waals surface area contributed by atoms with Crippen molar-refractivity contribution in [2.75, 3.05) is 16.9 Å². The van der Waals surface area contributed by atoms with E-state index in [1.54, 1.807) is 49.6 Å². The van der Waals surface area contributed by atoms with E-state index in [2.05, 4.69) is 0 Å². The Balaban J connectivity index is 1.16. The van der Waals surface area contributed by atoms with Gasteiger partial charge in [-0.15, -0.1) is 11.3 Å². The first kappa shape index (κ1) is 36.4. The molecule has 12 nitrogen and oxygen atoms in total. The predicted molar refractivity (Wildman–Crippen MR) is 212 cm³/mol. The normalized spacial score (nSPS) is 25.8. The Bertz CT molecular complexity index is 2580. The number of anilines is 2. The molecule has 15 heteroatoms. The van der Waals surface area contributed by atoms with E-state index in [1.807, 2.05) is 31.2 Å². The van der Waals surface area contributed by atoms with E-state index in [-0.39, 0.29) is 29.7 Å². The van der Waals surface area contributed by atoms with E-state index in [4.69, 9.17) is 21.4 Å². The zero-order valence-electron chi connectivity index (χ0n) is 30.8. The fourth-order valence-electron chi connectivity index (χ4n) is 9.81. The molecule has 5 aromatic rings. The number of benzene rings is 3. The molecular weight excluding hydrogens is 755 g/mol. The molecule has 2 aliphatic carbocycles. The summed E-state index contributed by atoms with van der Waals surface area (Å²) in [6, 6.07) is 18.1. The number of aromatic hydroxyl groups is 1. The Labute approximate surface area is 330 Å². The molecule has 56 heavy (non-hydrogen) atoms. The van der Waals surface area contributed by atoms with Gasteiger partial charge in [0.05, 0.1) is 40.8 Å². The van der Waals surface area contributed by atoms with E-state index in [0.717, 1.165) is 31.0 Å². The monoisotopic (exact) mass is 790 g/mol. The van der Waals surface area contributed by atoms with Crippen LogP contribution in [0.25, 0.3) is 20.7 Å². The zero-order valence-corrected chi connectivity index (χ0v) is 32.3. The van der Waals surface area contributed by atoms with Crippen LogP contribution in [0.4, 0.5) is 11.5 Å². The van der Waals surface area contributed by atoms with E-state index in [1.165, 1.54) is 41.0 Å². The maximum absolute atomic E-state index is 15.2. The minimum atomic E-state index is -1.80. The number of allylic oxidation sites excluding steroid dienone is 2. The van der Waals surface area contributed by atoms with Gasteiger partial charge in [0, 0.05) is 40.4 Å². The molecule has 2 saturated heterocycles. The summed E-state index contributed by atoms with van der Waals surface area (Å²) in [4.78, 5) is 61.9. The highest BCUT2D eigenvalue weighted by Gasteiger charge is 2.68. The lowest BCUT2D eigenvalue weighted by Crippen LogP contribution is -2.49. The van der Waals surface area contributed by atoms with Crippen LogP contribution in [0, 0.1) is 36.0 Å². The van der Waals surface area contributed by atoms with Crippen molar-refractivity contribution in [1.29, 1.82) is 0 Å². The number of amides is 4. The van der Waals surface area contributed by atoms with Gasteiger partial charge in [0.1, 0.15) is 23.0 Å². The number of phenols is 1. The second-order valence-corrected chi connectivity index (χ2v) is 16.8. The number of hydrogen-bond donors (Lipinski definition) is 3. The van der Waals surface area contributed by atoms with E-state index in [0.29, 0.717) is 27.8 Å². The van der Waals surface area contributed by atoms with Crippen LogP contribution < -0.4 is 20.0 Å². The molecule has 3 fully saturated rings. The van der Waals surface area contributed by atoms with Crippen molar-refractivity contribution in [3.8, 4) is 22.1 Å². The van der Waals surface area contributed by atoms with Crippen LogP contribution in [0.3, 0.4) is 0 Å². The highest BCUT2D eigenvalue weighted by molar-refractivity contribution is 7.22. The summed E-state index contributed by atoms with van der Waals surface area (Å²) < 4.78 is 8.35. The number of phenolic OH excluding ortho intramolecular Hbond substituents is 1. The van der Waals surface area contributed by atoms with Gasteiger partial charge in [-0.2, -0.15) is 5.10 Å². The molecular formula is C41H36BClN4O8S. The first-order valence-electron chi connectivity index (χ1n) is 18.3. The van der Waals surface area contributed by atoms with Gasteiger partial charge >= 0.3 is 7.12 Å². The largest absolute Gasteiger partial charge is 0.508 e. The highest BCUT2D eigenvalue weighted by Crippen LogP contribution is 2.64. The molecule has 3 N–H and O–H groups in total. The number of imide groups is 2. The SMILES string of the molecule is COc1cc(O)ccc1[C@H]1C2=CC[C@@H]3C(=O)N(c4cccc(B(O)O)c4)C(=O)[C@@H]3[C@@H]2C[C@H]2C(=O)N(c3cc(-c4sc5ccc(Cl)cc5c4C)nn3C)C(=O)[C@@]12C. The Morgan fingerprint density at radius 3 is 2.50 bits per heavy atom. The number of carbonyl (C=O) groups is 4. The fraction of sp³-hybridized carbons (Fsp3) is 0.293. The van der Waals surface area contributed by atoms with Crippen LogP contribution in [0.2, 0.25) is 5.02 Å². The number of halogens is 1. The van der Waals surface area contributed by atoms with Crippen molar-refractivity contribution in [3.63, 3.8) is 0 Å². The quantitative estimate of drug-likeness (QED) is 0.121. The summed E-state index contributed by atoms with van der Waals surface area (Å²) in [6.07, 6.45) is 2.28. The molecule has 0 unspecified atom stereocenters. The number of aromatic nitrogens is 2. The molecule has 0 bridgehead atoms. The Morgan fingerprint density at radius 2 is 1.75 bits per heavy atom. The molecule has 4 aliphatic rings. The summed E-state index contributed by atoms with van der Waals surface area (Å²) in [6.45, 7) is 3.77. The first-order chi connectivity index (χ1) is 26.7. The number of methoxy groups -OCH3 is 1. The second-order valence-electron chi connectivity index (χ2n) is 15.3. The highest BCUT2D eigenvalue weighted by atomic mass is 35.5. The van der Waals surface area contributed by atoms with Crippen LogP contribution in [0.15, 0.2) is 78.4 Å². The Morgan fingerprint density at radius 1 is 0.964 bits per heavy atom. The van der Waals surface area contributed by atoms with Gasteiger partial charge in [-0.05, 0) is 85.4 Å². The van der Waals surface area contributed by atoms with E-state index >= 15 is 4.79 Å². The standard InChI is InChI=1S/C41H36BClN4O8S/c1-19-27-15-21(43)8-13-32(27)56-36(19)30-18-33(45(3)44-30)47-38(50)29-17-28-24(35(41(29,2)40(47)52)25-10-9-23(48)16-31(25)55-4)11-12-26-34(28)39(51)46(37(26)49)22-7-5-6-20(14-22)42(53)54/h5-11,13-16,18,26,28-29,34-35,48,53-54H,12,17H2,1-4H3/t26-,28+,29-,34-,35+,41+/m0/s1. The van der Waals surface area contributed by atoms with Crippen molar-refractivity contribution < 1.29 is 39.1 Å². The maximum atomic E-state index is 15.2. The number of carbonyl (C=O) groups excluding carboxylic acids is 4. The molecule has 284 valence electrons. The van der Waals surface area contributed by atoms with Crippen LogP contribution in [-0.4, -0.2) is 62.8 Å². The zero-order chi connectivity index (χ0) is 39.5. The third-order valence-corrected chi connectivity index (χ3v) is 14.0. The van der Waals surface area contributed by atoms with Gasteiger partial charge in [0.25, 0.3) is 0 Å². The smallest absolute Gasteiger partial charge is 0.488 e. The van der Waals surface area contributed by atoms with Crippen LogP contribution in [0.1, 0.15) is 36.8 Å². The van der Waals surface area contributed by atoms with Gasteiger partial charge in [-0.25, -0.2) is 4.90 Å². The number of hydrogen-bond acceptors (Lipinski definition) is 10. The molecule has 0 spiro atoms. The summed E-state index contributed by atoms with van der Waals surface area (Å²) in [5.41, 5.74) is 1.89. The number of thiophene rings is 1. The minimum absolute atomic E-state index is 0.0449. The first-order valence-corrected chi connectivity index (χ1v) is 19.5. The van der Waals surface area contributed by atoms with Crippen molar-refractivity contribution >= 4 is 80.7 Å². The van der Waals surface area contributed by atoms with Crippen LogP contribution in [0.5, 0.6) is 11.5 Å². The predicted octanol–water partition coefficient (Wildman–Crippen LogP) is 5.09. The topological polar surface area (TPSA) is 162 Å². The number of ether oxygens (including phenoxy) is 1. The van der Waals surface area contributed by atoms with Gasteiger partial charge in [-0.1, -0.05) is 41.4 Å². The molecule has 6 atom stereocenters. The Kier molecular flexibility index (Phi) is 8.37. The lowest BCUT2D eigenvalue weighted by atomic mass is 9.51. The van der Waals surface area contributed by atoms with Crippen molar-refractivity contribution in [3.05, 3.63) is 94.5 Å². The average molecular weight is 791 g/mol. The maximum Gasteiger partial charge on any atom is 0.488 e. The third kappa shape index (κ3) is 5.09. The molecule has 4 amide bonds. The summed E-state index contributed by atoms with van der Waals surface area (Å²) in [5.74, 6) is -5.01. The number of fused-ring (bicyclic) bond motifs is 5. The fourth-order valence-corrected chi connectivity index (χ4v) is 11.1. The summed E-state index contributed by atoms with van der Waals surface area (Å²) in [7, 11) is 1.36. The number of nitrogens with zero attached hydrogens (tertiary/aromatic N) is 4. The molecule has 3 aromatic carbocycles. The molecule has 0 radical (unpaired) electrons. The summed E-state index contributed by atoms with van der Waals surface area (Å²) in [5, 5.41) is 36.5. The molecule has 2 aromatic heterocycles. The third-order valence-electron chi connectivity index (χ3n) is 12.4. The average Bonchev–Trinajstić information content (AvgIpc) is 3.85. The number of rotatable bonds is 6. The van der Waals surface area contributed by atoms with E-state index in [9.17, 15) is 29.5 Å². The lowest BCUT2D eigenvalue weighted by Gasteiger charge is -2.49. The molecule has 2 aliphatic heterocycles. The van der Waals surface area contributed by atoms with Crippen molar-refractivity contribution in [2.24, 2.45) is 36.1 Å². The van der Waals surface area contributed by atoms with Crippen molar-refractivity contribution in [1.82, 2.24) is 9.78 Å². The van der Waals surface area contributed by atoms with Gasteiger partial charge in [0.15, 0.2) is 0 Å². The molecule has 1 saturated carbocycles. The number of aryl methyl sites for hydroxylation is 2. The molecule has 4 heterocycles. The van der Waals surface area contributed by atoms with Gasteiger partial charge in [0.2, 0.25) is 23.6 Å². The van der Waals surface area contributed by atoms with E-state index < -0.39 is 65.8 Å². The summed E-state index contributed by atoms with van der Waals surface area (Å²) >= 11 is 7.86. The van der Waals surface area contributed by atoms with Crippen LogP contribution in [-0.2, 0) is 26.2 Å². The van der Waals surface area contributed by atoms with Crippen molar-refractivity contribution in [2.45, 2.75) is 32.6 Å².